The maximum Gasteiger partial charge on any atom is 0.206 e. The molecule has 0 spiro atoms. The zero-order valence-electron chi connectivity index (χ0n) is 9.25. The van der Waals surface area contributed by atoms with Gasteiger partial charge in [-0.3, -0.25) is 14.0 Å². The van der Waals surface area contributed by atoms with Gasteiger partial charge in [-0.15, -0.1) is 0 Å². The van der Waals surface area contributed by atoms with Crippen LogP contribution in [0.5, 0.6) is 0 Å². The minimum Gasteiger partial charge on any atom is -0.298 e. The molecule has 5 nitrogen and oxygen atoms in total. The van der Waals surface area contributed by atoms with Gasteiger partial charge in [0.25, 0.3) is 0 Å². The lowest BCUT2D eigenvalue weighted by atomic mass is 10.0. The molecular formula is C13H7N3O2. The van der Waals surface area contributed by atoms with Gasteiger partial charge < -0.3 is 0 Å². The Kier molecular flexibility index (Phi) is 1.58. The van der Waals surface area contributed by atoms with Gasteiger partial charge in [-0.1, -0.05) is 0 Å². The minimum atomic E-state index is -0.143. The van der Waals surface area contributed by atoms with E-state index >= 15 is 0 Å². The van der Waals surface area contributed by atoms with Crippen LogP contribution in [0.2, 0.25) is 0 Å². The predicted molar refractivity (Wildman–Crippen MR) is 65.7 cm³/mol. The van der Waals surface area contributed by atoms with Gasteiger partial charge in [-0.05, 0) is 17.7 Å². The maximum absolute atomic E-state index is 12.0. The van der Waals surface area contributed by atoms with Crippen molar-refractivity contribution in [2.45, 2.75) is 6.42 Å². The Morgan fingerprint density at radius 1 is 1.17 bits per heavy atom. The van der Waals surface area contributed by atoms with E-state index in [1.165, 1.54) is 12.3 Å². The number of ketones is 1. The van der Waals surface area contributed by atoms with E-state index in [2.05, 4.69) is 9.97 Å². The summed E-state index contributed by atoms with van der Waals surface area (Å²) in [4.78, 5) is 31.7. The fourth-order valence-corrected chi connectivity index (χ4v) is 2.58. The number of rotatable bonds is 0. The molecule has 86 valence electrons. The van der Waals surface area contributed by atoms with E-state index in [1.54, 1.807) is 18.6 Å². The van der Waals surface area contributed by atoms with Gasteiger partial charge in [0, 0.05) is 6.42 Å². The zero-order chi connectivity index (χ0) is 12.3. The van der Waals surface area contributed by atoms with Gasteiger partial charge in [0.15, 0.2) is 5.78 Å². The monoisotopic (exact) mass is 237 g/mol. The molecule has 0 fully saturated rings. The number of carbonyl (C=O) groups excluding carboxylic acids is 1. The Balaban J connectivity index is 2.36. The van der Waals surface area contributed by atoms with Crippen LogP contribution in [0.3, 0.4) is 0 Å². The number of fused-ring (bicyclic) bond motifs is 3. The second kappa shape index (κ2) is 3.01. The molecule has 0 unspecified atom stereocenters. The molecule has 3 aromatic heterocycles. The van der Waals surface area contributed by atoms with Crippen molar-refractivity contribution in [1.82, 2.24) is 14.4 Å². The molecule has 0 bridgehead atoms. The maximum atomic E-state index is 12.0. The van der Waals surface area contributed by atoms with E-state index in [0.717, 1.165) is 16.8 Å². The van der Waals surface area contributed by atoms with Crippen molar-refractivity contribution in [1.29, 1.82) is 0 Å². The van der Waals surface area contributed by atoms with E-state index in [-0.39, 0.29) is 17.6 Å². The van der Waals surface area contributed by atoms with E-state index in [9.17, 15) is 9.59 Å². The predicted octanol–water partition coefficient (Wildman–Crippen LogP) is 0.819. The second-order valence-electron chi connectivity index (χ2n) is 4.34. The van der Waals surface area contributed by atoms with Crippen LogP contribution >= 0.6 is 0 Å². The van der Waals surface area contributed by atoms with Crippen molar-refractivity contribution in [3.8, 4) is 0 Å². The summed E-state index contributed by atoms with van der Waals surface area (Å²) in [6, 6.07) is 0. The van der Waals surface area contributed by atoms with Crippen molar-refractivity contribution in [2.75, 3.05) is 0 Å². The van der Waals surface area contributed by atoms with Crippen molar-refractivity contribution >= 4 is 28.3 Å². The van der Waals surface area contributed by atoms with Gasteiger partial charge in [0.1, 0.15) is 5.52 Å². The Hall–Kier alpha value is -2.56. The van der Waals surface area contributed by atoms with Crippen molar-refractivity contribution in [2.24, 2.45) is 0 Å². The lowest BCUT2D eigenvalue weighted by molar-refractivity contribution is -0.114. The molecular weight excluding hydrogens is 230 g/mol. The first kappa shape index (κ1) is 9.47. The van der Waals surface area contributed by atoms with E-state index in [4.69, 9.17) is 0 Å². The van der Waals surface area contributed by atoms with Crippen LogP contribution in [-0.4, -0.2) is 20.2 Å². The molecule has 3 aromatic rings. The Morgan fingerprint density at radius 2 is 2.06 bits per heavy atom. The highest BCUT2D eigenvalue weighted by Crippen LogP contribution is 2.29. The molecule has 1 aliphatic carbocycles. The molecule has 0 saturated carbocycles. The Morgan fingerprint density at radius 3 is 2.94 bits per heavy atom. The lowest BCUT2D eigenvalue weighted by Gasteiger charge is -2.04. The number of aromatic nitrogens is 3. The summed E-state index contributed by atoms with van der Waals surface area (Å²) in [6.07, 6.45) is 8.11. The van der Waals surface area contributed by atoms with Gasteiger partial charge in [-0.25, -0.2) is 9.97 Å². The third kappa shape index (κ3) is 1.01. The van der Waals surface area contributed by atoms with Crippen LogP contribution in [0.15, 0.2) is 29.6 Å². The molecule has 0 aliphatic heterocycles. The summed E-state index contributed by atoms with van der Waals surface area (Å²) in [7, 11) is 0. The van der Waals surface area contributed by atoms with Gasteiger partial charge in [0.05, 0.1) is 35.3 Å². The largest absolute Gasteiger partial charge is 0.298 e. The minimum absolute atomic E-state index is 0.0134. The third-order valence-electron chi connectivity index (χ3n) is 3.32. The number of pyridine rings is 1. The van der Waals surface area contributed by atoms with Crippen molar-refractivity contribution in [3.63, 3.8) is 0 Å². The third-order valence-corrected chi connectivity index (χ3v) is 3.32. The Bertz CT molecular complexity index is 892. The van der Waals surface area contributed by atoms with Crippen molar-refractivity contribution in [3.05, 3.63) is 46.3 Å². The molecule has 1 aliphatic rings. The number of allylic oxidation sites excluding steroid dienone is 1. The van der Waals surface area contributed by atoms with Crippen LogP contribution < -0.4 is 5.43 Å². The normalized spacial score (nSPS) is 14.6. The first-order chi connectivity index (χ1) is 8.75. The molecule has 3 heterocycles. The molecule has 0 amide bonds. The quantitative estimate of drug-likeness (QED) is 0.580. The molecule has 0 radical (unpaired) electrons. The highest BCUT2D eigenvalue weighted by atomic mass is 16.1. The summed E-state index contributed by atoms with van der Waals surface area (Å²) in [6.45, 7) is 0. The van der Waals surface area contributed by atoms with E-state index in [0.29, 0.717) is 10.9 Å². The number of carbonyl (C=O) groups is 1. The standard InChI is InChI=1S/C13H7N3O2/c17-7-1-2-10-8(3-7)12-11(18)5-15-9-4-14-6-16(10)13(9)12/h1-2,4-6H,3H2. The number of hydrogen-bond donors (Lipinski definition) is 0. The Labute approximate surface area is 101 Å². The van der Waals surface area contributed by atoms with Crippen LogP contribution in [0, 0.1) is 0 Å². The average Bonchev–Trinajstić information content (AvgIpc) is 2.70. The second-order valence-corrected chi connectivity index (χ2v) is 4.34. The smallest absolute Gasteiger partial charge is 0.206 e. The molecule has 4 rings (SSSR count). The summed E-state index contributed by atoms with van der Waals surface area (Å²) >= 11 is 0. The SMILES string of the molecule is O=C1C=Cc2c(c3c(=O)cnc4cncn2c43)C1. The van der Waals surface area contributed by atoms with E-state index in [1.807, 2.05) is 4.40 Å². The van der Waals surface area contributed by atoms with Gasteiger partial charge in [-0.2, -0.15) is 0 Å². The summed E-state index contributed by atoms with van der Waals surface area (Å²) in [5.41, 5.74) is 2.92. The molecule has 0 aromatic carbocycles. The van der Waals surface area contributed by atoms with Crippen LogP contribution in [-0.2, 0) is 11.2 Å². The van der Waals surface area contributed by atoms with Gasteiger partial charge >= 0.3 is 0 Å². The molecule has 18 heavy (non-hydrogen) atoms. The lowest BCUT2D eigenvalue weighted by Crippen LogP contribution is -2.08. The summed E-state index contributed by atoms with van der Waals surface area (Å²) < 4.78 is 1.83. The number of nitrogens with zero attached hydrogens (tertiary/aromatic N) is 3. The number of hydrogen-bond acceptors (Lipinski definition) is 4. The first-order valence-electron chi connectivity index (χ1n) is 5.56. The zero-order valence-corrected chi connectivity index (χ0v) is 9.25. The molecule has 0 atom stereocenters. The highest BCUT2D eigenvalue weighted by molar-refractivity contribution is 6.06. The van der Waals surface area contributed by atoms with Crippen molar-refractivity contribution < 1.29 is 4.79 Å². The molecule has 0 saturated heterocycles. The van der Waals surface area contributed by atoms with Crippen LogP contribution in [0.25, 0.3) is 22.5 Å². The summed E-state index contributed by atoms with van der Waals surface area (Å²) in [5, 5.41) is 0.593. The highest BCUT2D eigenvalue weighted by Gasteiger charge is 2.22. The first-order valence-corrected chi connectivity index (χ1v) is 5.56. The van der Waals surface area contributed by atoms with E-state index < -0.39 is 0 Å². The average molecular weight is 237 g/mol. The topological polar surface area (TPSA) is 64.3 Å². The molecule has 0 N–H and O–H groups in total. The summed E-state index contributed by atoms with van der Waals surface area (Å²) in [5.74, 6) is 0.0134. The fourth-order valence-electron chi connectivity index (χ4n) is 2.58. The van der Waals surface area contributed by atoms with Gasteiger partial charge in [0.2, 0.25) is 5.43 Å². The van der Waals surface area contributed by atoms with Crippen LogP contribution in [0.1, 0.15) is 11.3 Å². The fraction of sp³-hybridized carbons (Fsp3) is 0.0769. The van der Waals surface area contributed by atoms with Crippen LogP contribution in [0.4, 0.5) is 0 Å². The molecule has 5 heteroatoms.